The van der Waals surface area contributed by atoms with Gasteiger partial charge in [-0.1, -0.05) is 13.8 Å². The highest BCUT2D eigenvalue weighted by Gasteiger charge is 2.18. The Hall–Kier alpha value is -0.0800. The van der Waals surface area contributed by atoms with E-state index >= 15 is 0 Å². The summed E-state index contributed by atoms with van der Waals surface area (Å²) in [6.45, 7) is 4.84. The summed E-state index contributed by atoms with van der Waals surface area (Å²) >= 11 is 0. The molecule has 0 aromatic carbocycles. The zero-order valence-electron chi connectivity index (χ0n) is 6.61. The monoisotopic (exact) mass is 131 g/mol. The van der Waals surface area contributed by atoms with Crippen LogP contribution in [0.1, 0.15) is 26.7 Å². The minimum atomic E-state index is -0.0885. The van der Waals surface area contributed by atoms with E-state index in [0.29, 0.717) is 6.61 Å². The second-order valence-corrected chi connectivity index (χ2v) is 2.50. The van der Waals surface area contributed by atoms with Crippen molar-refractivity contribution in [3.63, 3.8) is 0 Å². The predicted molar refractivity (Wildman–Crippen MR) is 39.4 cm³/mol. The van der Waals surface area contributed by atoms with Gasteiger partial charge in [0.2, 0.25) is 0 Å². The molecule has 2 nitrogen and oxygen atoms in total. The lowest BCUT2D eigenvalue weighted by Gasteiger charge is -2.24. The van der Waals surface area contributed by atoms with Crippen LogP contribution in [0.5, 0.6) is 0 Å². The molecule has 0 aromatic rings. The first-order valence-electron chi connectivity index (χ1n) is 3.46. The molecule has 0 aliphatic carbocycles. The van der Waals surface area contributed by atoms with Gasteiger partial charge in [-0.05, 0) is 12.8 Å². The second kappa shape index (κ2) is 3.85. The lowest BCUT2D eigenvalue weighted by molar-refractivity contribution is 0.127. The van der Waals surface area contributed by atoms with Gasteiger partial charge in [-0.2, -0.15) is 0 Å². The molecule has 2 heteroatoms. The van der Waals surface area contributed by atoms with Gasteiger partial charge < -0.3 is 10.5 Å². The van der Waals surface area contributed by atoms with E-state index < -0.39 is 0 Å². The number of methoxy groups -OCH3 is 1. The highest BCUT2D eigenvalue weighted by Crippen LogP contribution is 2.10. The molecule has 9 heavy (non-hydrogen) atoms. The maximum absolute atomic E-state index is 5.88. The number of nitrogens with two attached hydrogens (primary N) is 1. The minimum Gasteiger partial charge on any atom is -0.383 e. The Bertz CT molecular complexity index is 69.3. The summed E-state index contributed by atoms with van der Waals surface area (Å²) in [5, 5.41) is 0. The van der Waals surface area contributed by atoms with Crippen molar-refractivity contribution >= 4 is 0 Å². The molecule has 0 saturated carbocycles. The third-order valence-corrected chi connectivity index (χ3v) is 1.84. The smallest absolute Gasteiger partial charge is 0.0642 e. The highest BCUT2D eigenvalue weighted by atomic mass is 16.5. The number of ether oxygens (including phenoxy) is 1. The topological polar surface area (TPSA) is 35.2 Å². The Morgan fingerprint density at radius 3 is 1.89 bits per heavy atom. The third-order valence-electron chi connectivity index (χ3n) is 1.84. The largest absolute Gasteiger partial charge is 0.383 e. The molecule has 0 bridgehead atoms. The number of hydrogen-bond acceptors (Lipinski definition) is 2. The first-order chi connectivity index (χ1) is 4.18. The highest BCUT2D eigenvalue weighted by molar-refractivity contribution is 4.79. The zero-order valence-corrected chi connectivity index (χ0v) is 6.61. The first kappa shape index (κ1) is 8.92. The van der Waals surface area contributed by atoms with Gasteiger partial charge in [-0.25, -0.2) is 0 Å². The molecular formula is C7H17NO. The standard InChI is InChI=1S/C7H17NO/c1-4-7(8,5-2)6-9-3/h4-6,8H2,1-3H3. The molecule has 0 atom stereocenters. The van der Waals surface area contributed by atoms with E-state index in [1.54, 1.807) is 7.11 Å². The molecule has 0 rings (SSSR count). The van der Waals surface area contributed by atoms with Crippen LogP contribution in [-0.4, -0.2) is 19.3 Å². The first-order valence-corrected chi connectivity index (χ1v) is 3.46. The van der Waals surface area contributed by atoms with E-state index in [4.69, 9.17) is 10.5 Å². The molecule has 2 N–H and O–H groups in total. The van der Waals surface area contributed by atoms with E-state index in [1.165, 1.54) is 0 Å². The van der Waals surface area contributed by atoms with E-state index in [2.05, 4.69) is 13.8 Å². The summed E-state index contributed by atoms with van der Waals surface area (Å²) in [5.74, 6) is 0. The van der Waals surface area contributed by atoms with Gasteiger partial charge in [0, 0.05) is 12.6 Å². The van der Waals surface area contributed by atoms with Crippen molar-refractivity contribution in [3.05, 3.63) is 0 Å². The van der Waals surface area contributed by atoms with Crippen LogP contribution in [0.3, 0.4) is 0 Å². The van der Waals surface area contributed by atoms with Crippen molar-refractivity contribution in [3.8, 4) is 0 Å². The molecule has 0 aliphatic heterocycles. The van der Waals surface area contributed by atoms with Gasteiger partial charge in [-0.15, -0.1) is 0 Å². The third kappa shape index (κ3) is 2.82. The normalized spacial score (nSPS) is 12.0. The van der Waals surface area contributed by atoms with Crippen LogP contribution in [0.2, 0.25) is 0 Å². The van der Waals surface area contributed by atoms with Gasteiger partial charge in [-0.3, -0.25) is 0 Å². The van der Waals surface area contributed by atoms with Crippen LogP contribution in [-0.2, 0) is 4.74 Å². The molecule has 0 unspecified atom stereocenters. The van der Waals surface area contributed by atoms with Gasteiger partial charge in [0.05, 0.1) is 6.61 Å². The average Bonchev–Trinajstić information content (AvgIpc) is 1.89. The summed E-state index contributed by atoms with van der Waals surface area (Å²) in [5.41, 5.74) is 5.79. The maximum atomic E-state index is 5.88. The minimum absolute atomic E-state index is 0.0885. The Labute approximate surface area is 57.4 Å². The molecular weight excluding hydrogens is 114 g/mol. The lowest BCUT2D eigenvalue weighted by Crippen LogP contribution is -2.42. The van der Waals surface area contributed by atoms with E-state index in [9.17, 15) is 0 Å². The molecule has 0 aromatic heterocycles. The molecule has 0 fully saturated rings. The summed E-state index contributed by atoms with van der Waals surface area (Å²) in [4.78, 5) is 0. The average molecular weight is 131 g/mol. The van der Waals surface area contributed by atoms with Crippen molar-refractivity contribution in [2.75, 3.05) is 13.7 Å². The lowest BCUT2D eigenvalue weighted by atomic mass is 9.96. The van der Waals surface area contributed by atoms with Crippen molar-refractivity contribution in [2.24, 2.45) is 5.73 Å². The van der Waals surface area contributed by atoms with Gasteiger partial charge in [0.15, 0.2) is 0 Å². The fourth-order valence-corrected chi connectivity index (χ4v) is 0.742. The molecule has 0 saturated heterocycles. The SMILES string of the molecule is CCC(N)(CC)COC. The molecule has 0 aliphatic rings. The molecule has 0 heterocycles. The summed E-state index contributed by atoms with van der Waals surface area (Å²) < 4.78 is 4.96. The van der Waals surface area contributed by atoms with Crippen LogP contribution >= 0.6 is 0 Å². The van der Waals surface area contributed by atoms with Crippen molar-refractivity contribution in [2.45, 2.75) is 32.2 Å². The van der Waals surface area contributed by atoms with Crippen molar-refractivity contribution in [1.82, 2.24) is 0 Å². The molecule has 0 radical (unpaired) electrons. The van der Waals surface area contributed by atoms with Crippen LogP contribution < -0.4 is 5.73 Å². The van der Waals surface area contributed by atoms with Gasteiger partial charge in [0.25, 0.3) is 0 Å². The Morgan fingerprint density at radius 1 is 1.33 bits per heavy atom. The van der Waals surface area contributed by atoms with Gasteiger partial charge >= 0.3 is 0 Å². The van der Waals surface area contributed by atoms with Crippen molar-refractivity contribution < 1.29 is 4.74 Å². The molecule has 56 valence electrons. The fraction of sp³-hybridized carbons (Fsp3) is 1.00. The van der Waals surface area contributed by atoms with Crippen LogP contribution in [0, 0.1) is 0 Å². The Morgan fingerprint density at radius 2 is 1.78 bits per heavy atom. The summed E-state index contributed by atoms with van der Waals surface area (Å²) in [7, 11) is 1.69. The van der Waals surface area contributed by atoms with E-state index in [1.807, 2.05) is 0 Å². The van der Waals surface area contributed by atoms with Crippen LogP contribution in [0.15, 0.2) is 0 Å². The summed E-state index contributed by atoms with van der Waals surface area (Å²) in [6.07, 6.45) is 1.97. The predicted octanol–water partition coefficient (Wildman–Crippen LogP) is 1.15. The van der Waals surface area contributed by atoms with Crippen LogP contribution in [0.4, 0.5) is 0 Å². The van der Waals surface area contributed by atoms with Crippen molar-refractivity contribution in [1.29, 1.82) is 0 Å². The maximum Gasteiger partial charge on any atom is 0.0642 e. The second-order valence-electron chi connectivity index (χ2n) is 2.50. The molecule has 0 amide bonds. The van der Waals surface area contributed by atoms with E-state index in [0.717, 1.165) is 12.8 Å². The van der Waals surface area contributed by atoms with Crippen LogP contribution in [0.25, 0.3) is 0 Å². The summed E-state index contributed by atoms with van der Waals surface area (Å²) in [6, 6.07) is 0. The quantitative estimate of drug-likeness (QED) is 0.621. The van der Waals surface area contributed by atoms with Gasteiger partial charge in [0.1, 0.15) is 0 Å². The molecule has 0 spiro atoms. The Balaban J connectivity index is 3.62. The number of hydrogen-bond donors (Lipinski definition) is 1. The Kier molecular flexibility index (Phi) is 3.82. The zero-order chi connectivity index (χ0) is 7.33. The number of rotatable bonds is 4. The fourth-order valence-electron chi connectivity index (χ4n) is 0.742. The van der Waals surface area contributed by atoms with E-state index in [-0.39, 0.29) is 5.54 Å².